The lowest BCUT2D eigenvalue weighted by atomic mass is 9.77. The lowest BCUT2D eigenvalue weighted by molar-refractivity contribution is -0.275. The molecule has 3 nitrogen and oxygen atoms in total. The van der Waals surface area contributed by atoms with Gasteiger partial charge in [-0.3, -0.25) is 0 Å². The van der Waals surface area contributed by atoms with Crippen molar-refractivity contribution in [2.45, 2.75) is 37.8 Å². The van der Waals surface area contributed by atoms with Crippen LogP contribution in [0.5, 0.6) is 5.75 Å². The standard InChI is InChI=1S/C13H15BrF3NO2/c14-8-4-5-10(20-13(15,16)17)9(6-8)11(18)12(19)7-2-1-3-7/h4-7,11-12,19H,1-3,18H2/t11-,12+/m1/s1. The molecule has 0 aromatic heterocycles. The van der Waals surface area contributed by atoms with Gasteiger partial charge < -0.3 is 15.6 Å². The van der Waals surface area contributed by atoms with Crippen LogP contribution in [0.4, 0.5) is 13.2 Å². The molecular weight excluding hydrogens is 339 g/mol. The van der Waals surface area contributed by atoms with Gasteiger partial charge in [-0.1, -0.05) is 22.4 Å². The van der Waals surface area contributed by atoms with Crippen molar-refractivity contribution in [3.05, 3.63) is 28.2 Å². The number of alkyl halides is 3. The van der Waals surface area contributed by atoms with Crippen molar-refractivity contribution in [1.82, 2.24) is 0 Å². The minimum Gasteiger partial charge on any atom is -0.405 e. The Morgan fingerprint density at radius 3 is 2.50 bits per heavy atom. The van der Waals surface area contributed by atoms with Gasteiger partial charge in [-0.2, -0.15) is 0 Å². The monoisotopic (exact) mass is 353 g/mol. The average Bonchev–Trinajstić information content (AvgIpc) is 2.26. The predicted molar refractivity (Wildman–Crippen MR) is 71.1 cm³/mol. The van der Waals surface area contributed by atoms with Crippen molar-refractivity contribution in [2.24, 2.45) is 11.7 Å². The molecule has 1 aliphatic carbocycles. The molecule has 0 bridgehead atoms. The Kier molecular flexibility index (Phi) is 4.61. The molecule has 7 heteroatoms. The van der Waals surface area contributed by atoms with Gasteiger partial charge in [0.05, 0.1) is 12.1 Å². The third-order valence-electron chi connectivity index (χ3n) is 3.56. The zero-order chi connectivity index (χ0) is 14.9. The van der Waals surface area contributed by atoms with Gasteiger partial charge in [0.15, 0.2) is 0 Å². The van der Waals surface area contributed by atoms with Crippen LogP contribution in [0.15, 0.2) is 22.7 Å². The number of aliphatic hydroxyl groups is 1. The molecular formula is C13H15BrF3NO2. The van der Waals surface area contributed by atoms with Crippen molar-refractivity contribution in [3.63, 3.8) is 0 Å². The highest BCUT2D eigenvalue weighted by atomic mass is 79.9. The Labute approximate surface area is 123 Å². The average molecular weight is 354 g/mol. The summed E-state index contributed by atoms with van der Waals surface area (Å²) in [5.41, 5.74) is 6.07. The maximum atomic E-state index is 12.4. The number of nitrogens with two attached hydrogens (primary N) is 1. The minimum absolute atomic E-state index is 0.0442. The van der Waals surface area contributed by atoms with Crippen LogP contribution in [0.2, 0.25) is 0 Å². The second-order valence-corrected chi connectivity index (χ2v) is 5.85. The largest absolute Gasteiger partial charge is 0.573 e. The summed E-state index contributed by atoms with van der Waals surface area (Å²) >= 11 is 3.19. The molecule has 0 amide bonds. The van der Waals surface area contributed by atoms with Crippen LogP contribution >= 0.6 is 15.9 Å². The van der Waals surface area contributed by atoms with E-state index in [1.807, 2.05) is 0 Å². The number of aliphatic hydroxyl groups excluding tert-OH is 1. The summed E-state index contributed by atoms with van der Waals surface area (Å²) < 4.78 is 41.7. The highest BCUT2D eigenvalue weighted by molar-refractivity contribution is 9.10. The molecule has 20 heavy (non-hydrogen) atoms. The van der Waals surface area contributed by atoms with Crippen molar-refractivity contribution in [2.75, 3.05) is 0 Å². The number of hydrogen-bond acceptors (Lipinski definition) is 3. The third-order valence-corrected chi connectivity index (χ3v) is 4.05. The van der Waals surface area contributed by atoms with E-state index in [0.29, 0.717) is 4.47 Å². The fourth-order valence-corrected chi connectivity index (χ4v) is 2.63. The number of rotatable bonds is 4. The van der Waals surface area contributed by atoms with Gasteiger partial charge >= 0.3 is 6.36 Å². The van der Waals surface area contributed by atoms with E-state index in [9.17, 15) is 18.3 Å². The summed E-state index contributed by atoms with van der Waals surface area (Å²) in [6, 6.07) is 3.18. The van der Waals surface area contributed by atoms with Gasteiger partial charge in [0.25, 0.3) is 0 Å². The Balaban J connectivity index is 2.25. The molecule has 0 spiro atoms. The van der Waals surface area contributed by atoms with Gasteiger partial charge in [-0.05, 0) is 37.0 Å². The molecule has 0 radical (unpaired) electrons. The van der Waals surface area contributed by atoms with Gasteiger partial charge in [-0.25, -0.2) is 0 Å². The molecule has 2 atom stereocenters. The van der Waals surface area contributed by atoms with Crippen molar-refractivity contribution in [3.8, 4) is 5.75 Å². The van der Waals surface area contributed by atoms with E-state index in [2.05, 4.69) is 20.7 Å². The normalized spacial score (nSPS) is 19.3. The van der Waals surface area contributed by atoms with Crippen molar-refractivity contribution in [1.29, 1.82) is 0 Å². The first-order chi connectivity index (χ1) is 9.28. The molecule has 0 unspecified atom stereocenters. The molecule has 112 valence electrons. The fraction of sp³-hybridized carbons (Fsp3) is 0.538. The number of halogens is 4. The van der Waals surface area contributed by atoms with E-state index in [1.165, 1.54) is 18.2 Å². The first-order valence-corrected chi connectivity index (χ1v) is 7.06. The van der Waals surface area contributed by atoms with Crippen LogP contribution in [0.1, 0.15) is 30.9 Å². The predicted octanol–water partition coefficient (Wildman–Crippen LogP) is 3.51. The maximum absolute atomic E-state index is 12.4. The van der Waals surface area contributed by atoms with E-state index < -0.39 is 18.5 Å². The van der Waals surface area contributed by atoms with Crippen LogP contribution in [0.25, 0.3) is 0 Å². The maximum Gasteiger partial charge on any atom is 0.573 e. The van der Waals surface area contributed by atoms with Crippen molar-refractivity contribution < 1.29 is 23.0 Å². The quantitative estimate of drug-likeness (QED) is 0.870. The lowest BCUT2D eigenvalue weighted by Crippen LogP contribution is -2.37. The second kappa shape index (κ2) is 5.91. The fourth-order valence-electron chi connectivity index (χ4n) is 2.26. The van der Waals surface area contributed by atoms with Gasteiger partial charge in [-0.15, -0.1) is 13.2 Å². The van der Waals surface area contributed by atoms with E-state index >= 15 is 0 Å². The Morgan fingerprint density at radius 2 is 2.00 bits per heavy atom. The van der Waals surface area contributed by atoms with Crippen LogP contribution < -0.4 is 10.5 Å². The SMILES string of the molecule is N[C@H](c1cc(Br)ccc1OC(F)(F)F)[C@@H](O)C1CCC1. The van der Waals surface area contributed by atoms with E-state index in [4.69, 9.17) is 5.73 Å². The summed E-state index contributed by atoms with van der Waals surface area (Å²) in [6.07, 6.45) is -2.95. The molecule has 3 N–H and O–H groups in total. The zero-order valence-corrected chi connectivity index (χ0v) is 12.1. The second-order valence-electron chi connectivity index (χ2n) is 4.94. The smallest absolute Gasteiger partial charge is 0.405 e. The van der Waals surface area contributed by atoms with Gasteiger partial charge in [0.1, 0.15) is 5.75 Å². The topological polar surface area (TPSA) is 55.5 Å². The minimum atomic E-state index is -4.79. The molecule has 2 rings (SSSR count). The zero-order valence-electron chi connectivity index (χ0n) is 10.5. The van der Waals surface area contributed by atoms with Crippen molar-refractivity contribution >= 4 is 15.9 Å². The molecule has 1 aromatic carbocycles. The molecule has 0 aliphatic heterocycles. The van der Waals surface area contributed by atoms with E-state index in [0.717, 1.165) is 19.3 Å². The first kappa shape index (κ1) is 15.6. The van der Waals surface area contributed by atoms with Crippen LogP contribution in [0.3, 0.4) is 0 Å². The van der Waals surface area contributed by atoms with Crippen LogP contribution in [0, 0.1) is 5.92 Å². The summed E-state index contributed by atoms with van der Waals surface area (Å²) in [5.74, 6) is -0.325. The summed E-state index contributed by atoms with van der Waals surface area (Å²) in [6.45, 7) is 0. The molecule has 1 aromatic rings. The highest BCUT2D eigenvalue weighted by Crippen LogP contribution is 2.38. The molecule has 1 saturated carbocycles. The first-order valence-electron chi connectivity index (χ1n) is 6.27. The molecule has 1 fully saturated rings. The summed E-state index contributed by atoms with van der Waals surface area (Å²) in [7, 11) is 0. The number of ether oxygens (including phenoxy) is 1. The summed E-state index contributed by atoms with van der Waals surface area (Å²) in [4.78, 5) is 0. The Bertz CT molecular complexity index is 477. The van der Waals surface area contributed by atoms with Crippen LogP contribution in [-0.4, -0.2) is 17.6 Å². The van der Waals surface area contributed by atoms with E-state index in [-0.39, 0.29) is 17.2 Å². The molecule has 1 aliphatic rings. The molecule has 0 saturated heterocycles. The Morgan fingerprint density at radius 1 is 1.35 bits per heavy atom. The number of benzene rings is 1. The van der Waals surface area contributed by atoms with Crippen LogP contribution in [-0.2, 0) is 0 Å². The van der Waals surface area contributed by atoms with E-state index in [1.54, 1.807) is 0 Å². The Hall–Kier alpha value is -0.790. The van der Waals surface area contributed by atoms with Gasteiger partial charge in [0, 0.05) is 10.0 Å². The highest BCUT2D eigenvalue weighted by Gasteiger charge is 2.36. The summed E-state index contributed by atoms with van der Waals surface area (Å²) in [5, 5.41) is 10.1. The van der Waals surface area contributed by atoms with Gasteiger partial charge in [0.2, 0.25) is 0 Å². The lowest BCUT2D eigenvalue weighted by Gasteiger charge is -2.34. The third kappa shape index (κ3) is 3.65. The molecule has 0 heterocycles. The number of hydrogen-bond donors (Lipinski definition) is 2.